The van der Waals surface area contributed by atoms with Crippen molar-refractivity contribution in [1.29, 1.82) is 10.5 Å². The second-order valence-electron chi connectivity index (χ2n) is 14.3. The van der Waals surface area contributed by atoms with E-state index in [0.717, 1.165) is 110 Å². The number of aromatic nitrogens is 2. The van der Waals surface area contributed by atoms with Crippen LogP contribution in [0.2, 0.25) is 0 Å². The van der Waals surface area contributed by atoms with E-state index in [1.807, 2.05) is 84.9 Å². The molecule has 258 valence electrons. The first-order chi connectivity index (χ1) is 27.7. The predicted molar refractivity (Wildman–Crippen MR) is 225 cm³/mol. The molecule has 0 unspecified atom stereocenters. The summed E-state index contributed by atoms with van der Waals surface area (Å²) in [6.07, 6.45) is 0. The lowest BCUT2D eigenvalue weighted by molar-refractivity contribution is 0.672. The summed E-state index contributed by atoms with van der Waals surface area (Å²) >= 11 is 0. The minimum atomic E-state index is 0.515. The zero-order valence-electron chi connectivity index (χ0n) is 29.6. The molecule has 0 aliphatic rings. The molecule has 0 spiro atoms. The van der Waals surface area contributed by atoms with Gasteiger partial charge in [-0.05, 0) is 96.1 Å². The molecular weight excluding hydrogens is 689 g/mol. The molecule has 12 aromatic rings. The number of para-hydroxylation sites is 4. The van der Waals surface area contributed by atoms with Crippen LogP contribution in [0.3, 0.4) is 0 Å². The summed E-state index contributed by atoms with van der Waals surface area (Å²) in [5, 5.41) is 29.3. The summed E-state index contributed by atoms with van der Waals surface area (Å²) in [4.78, 5) is 0. The summed E-state index contributed by atoms with van der Waals surface area (Å²) in [5.41, 5.74) is 11.7. The van der Waals surface area contributed by atoms with Gasteiger partial charge in [-0.1, -0.05) is 72.8 Å². The van der Waals surface area contributed by atoms with Crippen molar-refractivity contribution in [2.24, 2.45) is 0 Å². The van der Waals surface area contributed by atoms with Gasteiger partial charge in [0.25, 0.3) is 0 Å². The van der Waals surface area contributed by atoms with Gasteiger partial charge >= 0.3 is 0 Å². The highest BCUT2D eigenvalue weighted by molar-refractivity contribution is 6.25. The van der Waals surface area contributed by atoms with Gasteiger partial charge in [0.15, 0.2) is 0 Å². The molecule has 0 saturated heterocycles. The van der Waals surface area contributed by atoms with Crippen molar-refractivity contribution >= 4 is 87.5 Å². The molecule has 4 aromatic heterocycles. The quantitative estimate of drug-likeness (QED) is 0.182. The highest BCUT2D eigenvalue weighted by Gasteiger charge is 2.21. The largest absolute Gasteiger partial charge is 0.455 e. The molecular formula is C50H26N4O2. The van der Waals surface area contributed by atoms with Crippen LogP contribution in [0.5, 0.6) is 0 Å². The zero-order chi connectivity index (χ0) is 37.1. The molecule has 12 rings (SSSR count). The molecule has 6 heteroatoms. The third kappa shape index (κ3) is 4.13. The molecule has 0 fully saturated rings. The van der Waals surface area contributed by atoms with Crippen molar-refractivity contribution in [3.8, 4) is 34.6 Å². The van der Waals surface area contributed by atoms with Gasteiger partial charge in [0.05, 0.1) is 56.1 Å². The van der Waals surface area contributed by atoms with E-state index in [2.05, 4.69) is 94.1 Å². The number of fused-ring (bicyclic) bond motifs is 14. The number of rotatable bonds is 3. The van der Waals surface area contributed by atoms with Crippen LogP contribution in [0.1, 0.15) is 11.1 Å². The van der Waals surface area contributed by atoms with Gasteiger partial charge in [0.2, 0.25) is 0 Å². The lowest BCUT2D eigenvalue weighted by atomic mass is 9.99. The van der Waals surface area contributed by atoms with Gasteiger partial charge in [0, 0.05) is 43.7 Å². The second-order valence-corrected chi connectivity index (χ2v) is 14.3. The molecule has 0 radical (unpaired) electrons. The van der Waals surface area contributed by atoms with Crippen molar-refractivity contribution in [2.75, 3.05) is 0 Å². The maximum absolute atomic E-state index is 10.4. The summed E-state index contributed by atoms with van der Waals surface area (Å²) in [5.74, 6) is 0. The Bertz CT molecular complexity index is 3500. The summed E-state index contributed by atoms with van der Waals surface area (Å²) < 4.78 is 17.5. The molecule has 56 heavy (non-hydrogen) atoms. The average molecular weight is 715 g/mol. The van der Waals surface area contributed by atoms with E-state index in [0.29, 0.717) is 11.1 Å². The number of hydrogen-bond donors (Lipinski definition) is 0. The van der Waals surface area contributed by atoms with E-state index in [9.17, 15) is 10.5 Å². The Morgan fingerprint density at radius 3 is 1.23 bits per heavy atom. The van der Waals surface area contributed by atoms with Crippen molar-refractivity contribution in [3.05, 3.63) is 169 Å². The molecule has 0 bridgehead atoms. The standard InChI is InChI=1S/C50H26N4O2/c51-27-29-21-31(25-33(23-29)53-41-13-5-1-11-39(41)47-43(53)19-17-37-35-9-3-7-15-45(35)55-49(37)47)32-22-30(28-52)24-34(26-32)54-42-14-6-2-12-40(42)48-44(54)20-18-38-36-10-4-8-16-46(36)56-50(38)48/h1-26H. The lowest BCUT2D eigenvalue weighted by Crippen LogP contribution is -1.98. The molecule has 6 nitrogen and oxygen atoms in total. The minimum absolute atomic E-state index is 0.515. The Morgan fingerprint density at radius 1 is 0.375 bits per heavy atom. The van der Waals surface area contributed by atoms with Crippen LogP contribution in [0.15, 0.2) is 167 Å². The Labute approximate surface area is 318 Å². The first-order valence-electron chi connectivity index (χ1n) is 18.5. The first kappa shape index (κ1) is 30.4. The van der Waals surface area contributed by atoms with E-state index in [-0.39, 0.29) is 0 Å². The van der Waals surface area contributed by atoms with Gasteiger partial charge in [0.1, 0.15) is 22.3 Å². The third-order valence-electron chi connectivity index (χ3n) is 11.3. The fraction of sp³-hybridized carbons (Fsp3) is 0. The summed E-state index contributed by atoms with van der Waals surface area (Å²) in [7, 11) is 0. The lowest BCUT2D eigenvalue weighted by Gasteiger charge is -2.14. The van der Waals surface area contributed by atoms with Gasteiger partial charge in [-0.25, -0.2) is 0 Å². The van der Waals surface area contributed by atoms with Crippen LogP contribution in [-0.2, 0) is 0 Å². The fourth-order valence-corrected chi connectivity index (χ4v) is 8.97. The van der Waals surface area contributed by atoms with Gasteiger partial charge in [-0.15, -0.1) is 0 Å². The van der Waals surface area contributed by atoms with Crippen molar-refractivity contribution < 1.29 is 8.83 Å². The van der Waals surface area contributed by atoms with E-state index in [1.54, 1.807) is 0 Å². The maximum Gasteiger partial charge on any atom is 0.145 e. The fourth-order valence-electron chi connectivity index (χ4n) is 8.97. The summed E-state index contributed by atoms with van der Waals surface area (Å²) in [6.45, 7) is 0. The van der Waals surface area contributed by atoms with Crippen molar-refractivity contribution in [1.82, 2.24) is 9.13 Å². The number of hydrogen-bond acceptors (Lipinski definition) is 4. The van der Waals surface area contributed by atoms with Crippen molar-refractivity contribution in [2.45, 2.75) is 0 Å². The van der Waals surface area contributed by atoms with Crippen LogP contribution in [0.25, 0.3) is 110 Å². The number of nitrogens with zero attached hydrogens (tertiary/aromatic N) is 4. The topological polar surface area (TPSA) is 83.7 Å². The summed E-state index contributed by atoms with van der Waals surface area (Å²) in [6, 6.07) is 58.2. The van der Waals surface area contributed by atoms with Gasteiger partial charge in [-0.2, -0.15) is 10.5 Å². The molecule has 0 amide bonds. The van der Waals surface area contributed by atoms with E-state index in [4.69, 9.17) is 8.83 Å². The van der Waals surface area contributed by atoms with E-state index >= 15 is 0 Å². The molecule has 0 N–H and O–H groups in total. The SMILES string of the molecule is N#Cc1cc(-c2cc(C#N)cc(-n3c4ccccc4c4c5oc6ccccc6c5ccc43)c2)cc(-n2c3ccccc3c3c4oc5ccccc5c4ccc32)c1. The molecule has 0 aliphatic carbocycles. The maximum atomic E-state index is 10.4. The first-order valence-corrected chi connectivity index (χ1v) is 18.5. The average Bonchev–Trinajstić information content (AvgIpc) is 4.00. The molecule has 0 aliphatic heterocycles. The molecule has 0 atom stereocenters. The smallest absolute Gasteiger partial charge is 0.145 e. The third-order valence-corrected chi connectivity index (χ3v) is 11.3. The number of benzene rings is 8. The van der Waals surface area contributed by atoms with Crippen LogP contribution >= 0.6 is 0 Å². The van der Waals surface area contributed by atoms with Crippen LogP contribution < -0.4 is 0 Å². The van der Waals surface area contributed by atoms with E-state index in [1.165, 1.54) is 0 Å². The number of nitriles is 2. The Morgan fingerprint density at radius 2 is 0.786 bits per heavy atom. The Balaban J connectivity index is 1.10. The monoisotopic (exact) mass is 714 g/mol. The van der Waals surface area contributed by atoms with Crippen molar-refractivity contribution in [3.63, 3.8) is 0 Å². The van der Waals surface area contributed by atoms with E-state index < -0.39 is 0 Å². The Hall–Kier alpha value is -8.06. The molecule has 4 heterocycles. The Kier molecular flexibility index (Phi) is 6.10. The predicted octanol–water partition coefficient (Wildman–Crippen LogP) is 13.1. The minimum Gasteiger partial charge on any atom is -0.455 e. The molecule has 0 saturated carbocycles. The normalized spacial score (nSPS) is 11.9. The number of furan rings is 2. The van der Waals surface area contributed by atoms with Crippen LogP contribution in [0, 0.1) is 22.7 Å². The highest BCUT2D eigenvalue weighted by atomic mass is 16.3. The van der Waals surface area contributed by atoms with Gasteiger partial charge < -0.3 is 18.0 Å². The van der Waals surface area contributed by atoms with Gasteiger partial charge in [-0.3, -0.25) is 0 Å². The highest BCUT2D eigenvalue weighted by Crippen LogP contribution is 2.43. The van der Waals surface area contributed by atoms with Crippen LogP contribution in [-0.4, -0.2) is 9.13 Å². The van der Waals surface area contributed by atoms with Crippen LogP contribution in [0.4, 0.5) is 0 Å². The second kappa shape index (κ2) is 11.2. The zero-order valence-corrected chi connectivity index (χ0v) is 29.6. The molecule has 8 aromatic carbocycles.